The van der Waals surface area contributed by atoms with Gasteiger partial charge in [-0.3, -0.25) is 4.79 Å². The molecule has 0 atom stereocenters. The number of carbonyl (C=O) groups is 1. The van der Waals surface area contributed by atoms with Crippen LogP contribution in [0.3, 0.4) is 0 Å². The summed E-state index contributed by atoms with van der Waals surface area (Å²) >= 11 is 0. The maximum atomic E-state index is 13.1. The Kier molecular flexibility index (Phi) is 3.77. The molecule has 0 heterocycles. The van der Waals surface area contributed by atoms with Gasteiger partial charge in [-0.25, -0.2) is 4.39 Å². The molecule has 1 aliphatic carbocycles. The van der Waals surface area contributed by atoms with Gasteiger partial charge in [0.15, 0.2) is 0 Å². The Labute approximate surface area is 100 Å². The van der Waals surface area contributed by atoms with Gasteiger partial charge in [0.1, 0.15) is 5.82 Å². The molecule has 2 rings (SSSR count). The summed E-state index contributed by atoms with van der Waals surface area (Å²) in [5.74, 6) is -0.192. The monoisotopic (exact) mass is 236 g/mol. The van der Waals surface area contributed by atoms with E-state index in [0.29, 0.717) is 11.8 Å². The summed E-state index contributed by atoms with van der Waals surface area (Å²) in [5, 5.41) is 8.74. The van der Waals surface area contributed by atoms with Gasteiger partial charge in [-0.15, -0.1) is 0 Å². The van der Waals surface area contributed by atoms with Crippen LogP contribution in [0.1, 0.15) is 43.6 Å². The number of carboxylic acids is 1. The average Bonchev–Trinajstić information content (AvgIpc) is 2.29. The molecule has 2 nitrogen and oxygen atoms in total. The molecule has 1 saturated carbocycles. The second-order valence-electron chi connectivity index (χ2n) is 4.87. The quantitative estimate of drug-likeness (QED) is 0.871. The Morgan fingerprint density at radius 3 is 2.59 bits per heavy atom. The van der Waals surface area contributed by atoms with Gasteiger partial charge < -0.3 is 5.11 Å². The van der Waals surface area contributed by atoms with Crippen LogP contribution in [0.4, 0.5) is 4.39 Å². The van der Waals surface area contributed by atoms with Crippen LogP contribution in [0.15, 0.2) is 24.3 Å². The lowest BCUT2D eigenvalue weighted by Crippen LogP contribution is -2.16. The van der Waals surface area contributed by atoms with Crippen molar-refractivity contribution in [1.29, 1.82) is 0 Å². The highest BCUT2D eigenvalue weighted by molar-refractivity contribution is 5.67. The van der Waals surface area contributed by atoms with Crippen LogP contribution in [-0.2, 0) is 4.79 Å². The molecule has 0 bridgehead atoms. The summed E-state index contributed by atoms with van der Waals surface area (Å²) in [4.78, 5) is 10.6. The fraction of sp³-hybridized carbons (Fsp3) is 0.500. The lowest BCUT2D eigenvalue weighted by atomic mass is 9.77. The van der Waals surface area contributed by atoms with E-state index >= 15 is 0 Å². The van der Waals surface area contributed by atoms with Crippen molar-refractivity contribution >= 4 is 5.97 Å². The van der Waals surface area contributed by atoms with E-state index in [1.807, 2.05) is 6.07 Å². The van der Waals surface area contributed by atoms with E-state index in [-0.39, 0.29) is 12.2 Å². The molecule has 17 heavy (non-hydrogen) atoms. The largest absolute Gasteiger partial charge is 0.481 e. The van der Waals surface area contributed by atoms with E-state index in [9.17, 15) is 9.18 Å². The van der Waals surface area contributed by atoms with Crippen molar-refractivity contribution in [3.8, 4) is 0 Å². The summed E-state index contributed by atoms with van der Waals surface area (Å²) in [6, 6.07) is 6.76. The first-order chi connectivity index (χ1) is 8.15. The van der Waals surface area contributed by atoms with Crippen LogP contribution in [0.5, 0.6) is 0 Å². The molecule has 1 fully saturated rings. The molecule has 0 spiro atoms. The molecule has 92 valence electrons. The zero-order chi connectivity index (χ0) is 12.3. The lowest BCUT2D eigenvalue weighted by molar-refractivity contribution is -0.138. The van der Waals surface area contributed by atoms with Crippen LogP contribution in [0.25, 0.3) is 0 Å². The lowest BCUT2D eigenvalue weighted by Gasteiger charge is -2.27. The van der Waals surface area contributed by atoms with Gasteiger partial charge in [-0.1, -0.05) is 12.1 Å². The van der Waals surface area contributed by atoms with Crippen molar-refractivity contribution in [3.05, 3.63) is 35.6 Å². The molecule has 0 aromatic heterocycles. The third-order valence-electron chi connectivity index (χ3n) is 3.63. The summed E-state index contributed by atoms with van der Waals surface area (Å²) in [5.41, 5.74) is 1.05. The van der Waals surface area contributed by atoms with E-state index in [2.05, 4.69) is 0 Å². The van der Waals surface area contributed by atoms with Gasteiger partial charge in [0, 0.05) is 6.42 Å². The number of hydrogen-bond acceptors (Lipinski definition) is 1. The van der Waals surface area contributed by atoms with Gasteiger partial charge in [0.2, 0.25) is 0 Å². The number of aliphatic carboxylic acids is 1. The third kappa shape index (κ3) is 3.29. The van der Waals surface area contributed by atoms with Crippen molar-refractivity contribution in [1.82, 2.24) is 0 Å². The van der Waals surface area contributed by atoms with Gasteiger partial charge in [-0.05, 0) is 55.2 Å². The topological polar surface area (TPSA) is 37.3 Å². The Bertz CT molecular complexity index is 395. The van der Waals surface area contributed by atoms with Gasteiger partial charge in [0.05, 0.1) is 0 Å². The highest BCUT2D eigenvalue weighted by Gasteiger charge is 2.23. The van der Waals surface area contributed by atoms with Crippen LogP contribution < -0.4 is 0 Å². The number of benzene rings is 1. The van der Waals surface area contributed by atoms with Crippen molar-refractivity contribution in [2.75, 3.05) is 0 Å². The van der Waals surface area contributed by atoms with Crippen LogP contribution >= 0.6 is 0 Å². The summed E-state index contributed by atoms with van der Waals surface area (Å²) in [6.07, 6.45) is 4.10. The molecule has 0 amide bonds. The molecule has 1 aromatic carbocycles. The minimum absolute atomic E-state index is 0.185. The SMILES string of the molecule is O=C(O)CC1CCC(c2cccc(F)c2)CC1. The smallest absolute Gasteiger partial charge is 0.303 e. The molecular formula is C14H17FO2. The Hall–Kier alpha value is -1.38. The number of carboxylic acid groups (broad SMARTS) is 1. The van der Waals surface area contributed by atoms with Crippen LogP contribution in [0, 0.1) is 11.7 Å². The highest BCUT2D eigenvalue weighted by atomic mass is 19.1. The van der Waals surface area contributed by atoms with Crippen molar-refractivity contribution in [3.63, 3.8) is 0 Å². The Morgan fingerprint density at radius 2 is 2.00 bits per heavy atom. The maximum Gasteiger partial charge on any atom is 0.303 e. The van der Waals surface area contributed by atoms with Crippen molar-refractivity contribution in [2.45, 2.75) is 38.0 Å². The fourth-order valence-electron chi connectivity index (χ4n) is 2.71. The molecular weight excluding hydrogens is 219 g/mol. The van der Waals surface area contributed by atoms with E-state index in [4.69, 9.17) is 5.11 Å². The summed E-state index contributed by atoms with van der Waals surface area (Å²) in [6.45, 7) is 0. The molecule has 1 aromatic rings. The second-order valence-corrected chi connectivity index (χ2v) is 4.87. The zero-order valence-electron chi connectivity index (χ0n) is 9.73. The number of halogens is 1. The molecule has 1 aliphatic rings. The van der Waals surface area contributed by atoms with Gasteiger partial charge in [0.25, 0.3) is 0 Å². The average molecular weight is 236 g/mol. The van der Waals surface area contributed by atoms with E-state index < -0.39 is 5.97 Å². The molecule has 0 radical (unpaired) electrons. The first-order valence-corrected chi connectivity index (χ1v) is 6.12. The van der Waals surface area contributed by atoms with Crippen molar-refractivity contribution in [2.24, 2.45) is 5.92 Å². The molecule has 0 aliphatic heterocycles. The second kappa shape index (κ2) is 5.30. The number of hydrogen-bond donors (Lipinski definition) is 1. The predicted molar refractivity (Wildman–Crippen MR) is 63.4 cm³/mol. The van der Waals surface area contributed by atoms with E-state index in [1.165, 1.54) is 6.07 Å². The standard InChI is InChI=1S/C14H17FO2/c15-13-3-1-2-12(9-13)11-6-4-10(5-7-11)8-14(16)17/h1-3,9-11H,4-8H2,(H,16,17). The van der Waals surface area contributed by atoms with Gasteiger partial charge >= 0.3 is 5.97 Å². The first kappa shape index (κ1) is 12.1. The minimum Gasteiger partial charge on any atom is -0.481 e. The summed E-state index contributed by atoms with van der Waals surface area (Å²) < 4.78 is 13.1. The van der Waals surface area contributed by atoms with Crippen LogP contribution in [0.2, 0.25) is 0 Å². The molecule has 0 saturated heterocycles. The summed E-state index contributed by atoms with van der Waals surface area (Å²) in [7, 11) is 0. The van der Waals surface area contributed by atoms with E-state index in [1.54, 1.807) is 12.1 Å². The number of rotatable bonds is 3. The van der Waals surface area contributed by atoms with Crippen molar-refractivity contribution < 1.29 is 14.3 Å². The zero-order valence-corrected chi connectivity index (χ0v) is 9.73. The predicted octanol–water partition coefficient (Wildman–Crippen LogP) is 3.57. The molecule has 1 N–H and O–H groups in total. The molecule has 3 heteroatoms. The third-order valence-corrected chi connectivity index (χ3v) is 3.63. The van der Waals surface area contributed by atoms with Crippen LogP contribution in [-0.4, -0.2) is 11.1 Å². The first-order valence-electron chi connectivity index (χ1n) is 6.12. The van der Waals surface area contributed by atoms with Gasteiger partial charge in [-0.2, -0.15) is 0 Å². The molecule has 0 unspecified atom stereocenters. The normalized spacial score (nSPS) is 24.5. The highest BCUT2D eigenvalue weighted by Crippen LogP contribution is 2.37. The Balaban J connectivity index is 1.93. The minimum atomic E-state index is -0.709. The fourth-order valence-corrected chi connectivity index (χ4v) is 2.71. The Morgan fingerprint density at radius 1 is 1.29 bits per heavy atom. The van der Waals surface area contributed by atoms with E-state index in [0.717, 1.165) is 31.2 Å². The maximum absolute atomic E-state index is 13.1.